The van der Waals surface area contributed by atoms with E-state index in [9.17, 15) is 5.11 Å². The molecule has 1 aromatic carbocycles. The van der Waals surface area contributed by atoms with Gasteiger partial charge in [0.25, 0.3) is 0 Å². The van der Waals surface area contributed by atoms with E-state index in [4.69, 9.17) is 10.5 Å². The third-order valence-electron chi connectivity index (χ3n) is 3.35. The number of aromatic nitrogens is 3. The molecule has 0 saturated carbocycles. The van der Waals surface area contributed by atoms with Crippen molar-refractivity contribution in [2.24, 2.45) is 5.73 Å². The van der Waals surface area contributed by atoms with Gasteiger partial charge in [0.05, 0.1) is 13.2 Å². The van der Waals surface area contributed by atoms with Gasteiger partial charge < -0.3 is 15.6 Å². The largest absolute Gasteiger partial charge is 0.504 e. The number of benzene rings is 1. The van der Waals surface area contributed by atoms with Gasteiger partial charge in [0.15, 0.2) is 17.3 Å². The molecule has 2 heterocycles. The van der Waals surface area contributed by atoms with Gasteiger partial charge >= 0.3 is 0 Å². The smallest absolute Gasteiger partial charge is 0.181 e. The van der Waals surface area contributed by atoms with Crippen LogP contribution in [-0.4, -0.2) is 27.0 Å². The Hall–Kier alpha value is -2.08. The first-order valence-electron chi connectivity index (χ1n) is 6.26. The molecule has 0 amide bonds. The van der Waals surface area contributed by atoms with Crippen molar-refractivity contribution in [1.29, 1.82) is 0 Å². The molecule has 0 fully saturated rings. The zero-order valence-electron chi connectivity index (χ0n) is 10.7. The fourth-order valence-corrected chi connectivity index (χ4v) is 2.32. The lowest BCUT2D eigenvalue weighted by Crippen LogP contribution is -2.22. The summed E-state index contributed by atoms with van der Waals surface area (Å²) >= 11 is 0. The predicted molar refractivity (Wildman–Crippen MR) is 69.8 cm³/mol. The lowest BCUT2D eigenvalue weighted by atomic mass is 10.1. The van der Waals surface area contributed by atoms with E-state index in [1.165, 1.54) is 7.11 Å². The molecule has 3 rings (SSSR count). The second-order valence-corrected chi connectivity index (χ2v) is 4.65. The van der Waals surface area contributed by atoms with Crippen LogP contribution in [0.3, 0.4) is 0 Å². The summed E-state index contributed by atoms with van der Waals surface area (Å²) < 4.78 is 6.96. The van der Waals surface area contributed by atoms with E-state index >= 15 is 0 Å². The fraction of sp³-hybridized carbons (Fsp3) is 0.385. The predicted octanol–water partition coefficient (Wildman–Crippen LogP) is 1.45. The Labute approximate surface area is 110 Å². The molecule has 19 heavy (non-hydrogen) atoms. The molecule has 1 atom stereocenters. The number of phenolic OH excluding ortho intramolecular Hbond substituents is 1. The number of rotatable bonds is 2. The van der Waals surface area contributed by atoms with Crippen molar-refractivity contribution in [2.45, 2.75) is 25.4 Å². The summed E-state index contributed by atoms with van der Waals surface area (Å²) in [4.78, 5) is 4.50. The minimum Gasteiger partial charge on any atom is -0.504 e. The van der Waals surface area contributed by atoms with Crippen molar-refractivity contribution in [3.63, 3.8) is 0 Å². The minimum atomic E-state index is -0.0472. The van der Waals surface area contributed by atoms with E-state index in [1.807, 2.05) is 4.68 Å². The molecule has 1 aromatic heterocycles. The highest BCUT2D eigenvalue weighted by Crippen LogP contribution is 2.31. The lowest BCUT2D eigenvalue weighted by molar-refractivity contribution is 0.373. The zero-order chi connectivity index (χ0) is 13.4. The van der Waals surface area contributed by atoms with Gasteiger partial charge in [-0.1, -0.05) is 0 Å². The van der Waals surface area contributed by atoms with E-state index in [0.29, 0.717) is 11.6 Å². The average Bonchev–Trinajstić information content (AvgIpc) is 2.85. The molecule has 100 valence electrons. The van der Waals surface area contributed by atoms with E-state index in [0.717, 1.165) is 30.8 Å². The van der Waals surface area contributed by atoms with Crippen LogP contribution in [0.1, 0.15) is 24.7 Å². The summed E-state index contributed by atoms with van der Waals surface area (Å²) in [5.74, 6) is 1.96. The maximum Gasteiger partial charge on any atom is 0.181 e. The van der Waals surface area contributed by atoms with E-state index in [2.05, 4.69) is 10.1 Å². The quantitative estimate of drug-likeness (QED) is 0.853. The lowest BCUT2D eigenvalue weighted by Gasteiger charge is -2.17. The Morgan fingerprint density at radius 2 is 2.32 bits per heavy atom. The summed E-state index contributed by atoms with van der Waals surface area (Å²) in [5.41, 5.74) is 6.84. The number of methoxy groups -OCH3 is 1. The van der Waals surface area contributed by atoms with Gasteiger partial charge in [-0.3, -0.25) is 0 Å². The van der Waals surface area contributed by atoms with Crippen LogP contribution < -0.4 is 10.5 Å². The molecule has 2 aromatic rings. The summed E-state index contributed by atoms with van der Waals surface area (Å²) in [6, 6.07) is 5.02. The summed E-state index contributed by atoms with van der Waals surface area (Å²) in [5, 5.41) is 14.1. The maximum atomic E-state index is 9.60. The van der Waals surface area contributed by atoms with Crippen LogP contribution in [0.2, 0.25) is 0 Å². The van der Waals surface area contributed by atoms with Crippen LogP contribution in [0, 0.1) is 0 Å². The van der Waals surface area contributed by atoms with Crippen molar-refractivity contribution >= 4 is 0 Å². The Morgan fingerprint density at radius 3 is 3.05 bits per heavy atom. The number of fused-ring (bicyclic) bond motifs is 1. The highest BCUT2D eigenvalue weighted by Gasteiger charge is 2.21. The third-order valence-corrected chi connectivity index (χ3v) is 3.35. The van der Waals surface area contributed by atoms with Gasteiger partial charge in [0.1, 0.15) is 5.82 Å². The van der Waals surface area contributed by atoms with Crippen LogP contribution >= 0.6 is 0 Å². The average molecular weight is 260 g/mol. The number of nitrogens with two attached hydrogens (primary N) is 1. The van der Waals surface area contributed by atoms with E-state index < -0.39 is 0 Å². The van der Waals surface area contributed by atoms with Gasteiger partial charge in [-0.05, 0) is 31.0 Å². The Bertz CT molecular complexity index is 609. The molecule has 1 aliphatic rings. The van der Waals surface area contributed by atoms with Crippen molar-refractivity contribution in [3.8, 4) is 22.9 Å². The molecular formula is C13H16N4O2. The maximum absolute atomic E-state index is 9.60. The minimum absolute atomic E-state index is 0.0472. The first kappa shape index (κ1) is 12.0. The number of hydrogen-bond acceptors (Lipinski definition) is 5. The first-order valence-corrected chi connectivity index (χ1v) is 6.26. The van der Waals surface area contributed by atoms with Crippen molar-refractivity contribution in [2.75, 3.05) is 7.11 Å². The molecule has 3 N–H and O–H groups in total. The molecule has 0 radical (unpaired) electrons. The Kier molecular flexibility index (Phi) is 2.87. The number of hydrogen-bond donors (Lipinski definition) is 2. The molecule has 0 saturated heterocycles. The highest BCUT2D eigenvalue weighted by atomic mass is 16.5. The zero-order valence-corrected chi connectivity index (χ0v) is 10.7. The summed E-state index contributed by atoms with van der Waals surface area (Å²) in [6.45, 7) is 0.852. The topological polar surface area (TPSA) is 86.2 Å². The van der Waals surface area contributed by atoms with Gasteiger partial charge in [0, 0.05) is 12.1 Å². The van der Waals surface area contributed by atoms with Gasteiger partial charge in [-0.15, -0.1) is 0 Å². The van der Waals surface area contributed by atoms with Crippen LogP contribution in [0.4, 0.5) is 0 Å². The molecular weight excluding hydrogens is 244 g/mol. The Morgan fingerprint density at radius 1 is 1.47 bits per heavy atom. The fourth-order valence-electron chi connectivity index (χ4n) is 2.32. The summed E-state index contributed by atoms with van der Waals surface area (Å²) in [6.07, 6.45) is 1.97. The highest BCUT2D eigenvalue weighted by molar-refractivity contribution is 5.60. The van der Waals surface area contributed by atoms with Crippen LogP contribution in [0.5, 0.6) is 11.5 Å². The number of aromatic hydroxyl groups is 1. The number of nitrogens with zero attached hydrogens (tertiary/aromatic N) is 3. The molecule has 0 spiro atoms. The molecule has 1 aliphatic heterocycles. The number of phenols is 1. The Balaban J connectivity index is 2.03. The number of ether oxygens (including phenoxy) is 1. The molecule has 6 heteroatoms. The molecule has 0 aliphatic carbocycles. The third kappa shape index (κ3) is 2.04. The van der Waals surface area contributed by atoms with Gasteiger partial charge in [-0.2, -0.15) is 5.10 Å². The molecule has 0 bridgehead atoms. The second kappa shape index (κ2) is 4.55. The molecule has 6 nitrogen and oxygen atoms in total. The normalized spacial score (nSPS) is 18.1. The van der Waals surface area contributed by atoms with E-state index in [1.54, 1.807) is 18.2 Å². The van der Waals surface area contributed by atoms with Crippen LogP contribution in [0.15, 0.2) is 18.2 Å². The summed E-state index contributed by atoms with van der Waals surface area (Å²) in [7, 11) is 1.51. The monoisotopic (exact) mass is 260 g/mol. The first-order chi connectivity index (χ1) is 9.19. The standard InChI is InChI=1S/C13H16N4O2/c1-19-11-7-8(4-5-10(11)18)12-15-13-9(14)3-2-6-17(13)16-12/h4-5,7,9,18H,2-3,6,14H2,1H3. The van der Waals surface area contributed by atoms with Crippen LogP contribution in [-0.2, 0) is 6.54 Å². The van der Waals surface area contributed by atoms with Crippen molar-refractivity contribution in [3.05, 3.63) is 24.0 Å². The number of aryl methyl sites for hydroxylation is 1. The second-order valence-electron chi connectivity index (χ2n) is 4.65. The van der Waals surface area contributed by atoms with Crippen molar-refractivity contribution < 1.29 is 9.84 Å². The van der Waals surface area contributed by atoms with Crippen molar-refractivity contribution in [1.82, 2.24) is 14.8 Å². The van der Waals surface area contributed by atoms with Crippen LogP contribution in [0.25, 0.3) is 11.4 Å². The van der Waals surface area contributed by atoms with Gasteiger partial charge in [0.2, 0.25) is 0 Å². The van der Waals surface area contributed by atoms with Gasteiger partial charge in [-0.25, -0.2) is 9.67 Å². The SMILES string of the molecule is COc1cc(-c2nc3n(n2)CCCC3N)ccc1O. The molecule has 1 unspecified atom stereocenters. The van der Waals surface area contributed by atoms with E-state index in [-0.39, 0.29) is 11.8 Å².